The molecule has 0 radical (unpaired) electrons. The third-order valence-corrected chi connectivity index (χ3v) is 4.86. The number of hydrogen-bond acceptors (Lipinski definition) is 3. The van der Waals surface area contributed by atoms with Crippen LogP contribution in [0.5, 0.6) is 0 Å². The van der Waals surface area contributed by atoms with Crippen molar-refractivity contribution in [2.24, 2.45) is 5.92 Å². The summed E-state index contributed by atoms with van der Waals surface area (Å²) in [4.78, 5) is 2.97. The van der Waals surface area contributed by atoms with Crippen molar-refractivity contribution in [3.8, 4) is 0 Å². The lowest BCUT2D eigenvalue weighted by Gasteiger charge is -2.47. The van der Waals surface area contributed by atoms with E-state index < -0.39 is 5.60 Å². The first kappa shape index (κ1) is 12.5. The number of aliphatic hydroxyl groups is 1. The number of rotatable bonds is 5. The second-order valence-corrected chi connectivity index (χ2v) is 6.50. The molecule has 1 saturated heterocycles. The normalized spacial score (nSPS) is 22.8. The number of halogens is 1. The number of likely N-dealkylation sites (tertiary alicyclic amines) is 1. The Morgan fingerprint density at radius 2 is 2.06 bits per heavy atom. The van der Waals surface area contributed by atoms with Crippen LogP contribution in [-0.4, -0.2) is 41.0 Å². The standard InChI is InChI=1S/C14H18FNOS/c15-12-3-1-2-4-13(12)18-8-7-16-9-14(17,10-16)11-5-6-11/h1-4,11,17H,5-10H2. The highest BCUT2D eigenvalue weighted by molar-refractivity contribution is 7.99. The van der Waals surface area contributed by atoms with E-state index in [1.54, 1.807) is 17.8 Å². The fourth-order valence-corrected chi connectivity index (χ4v) is 3.56. The minimum atomic E-state index is -0.400. The van der Waals surface area contributed by atoms with Crippen LogP contribution in [0.4, 0.5) is 4.39 Å². The number of nitrogens with zero attached hydrogens (tertiary/aromatic N) is 1. The molecule has 2 aliphatic rings. The van der Waals surface area contributed by atoms with Gasteiger partial charge in [-0.3, -0.25) is 4.90 Å². The van der Waals surface area contributed by atoms with Crippen molar-refractivity contribution in [2.75, 3.05) is 25.4 Å². The minimum Gasteiger partial charge on any atom is -0.387 e. The summed E-state index contributed by atoms with van der Waals surface area (Å²) < 4.78 is 13.4. The Balaban J connectivity index is 1.40. The van der Waals surface area contributed by atoms with Crippen molar-refractivity contribution < 1.29 is 9.50 Å². The molecule has 4 heteroatoms. The number of β-amino-alcohol motifs (C(OH)–C–C–N with tert-alkyl or cyclic N) is 1. The Hall–Kier alpha value is -0.580. The maximum Gasteiger partial charge on any atom is 0.136 e. The molecule has 3 rings (SSSR count). The van der Waals surface area contributed by atoms with Gasteiger partial charge in [-0.15, -0.1) is 11.8 Å². The zero-order chi connectivity index (χ0) is 12.6. The Kier molecular flexibility index (Phi) is 3.34. The summed E-state index contributed by atoms with van der Waals surface area (Å²) in [5.41, 5.74) is -0.400. The maximum atomic E-state index is 13.4. The van der Waals surface area contributed by atoms with Crippen molar-refractivity contribution in [2.45, 2.75) is 23.3 Å². The lowest BCUT2D eigenvalue weighted by Crippen LogP contribution is -2.63. The van der Waals surface area contributed by atoms with Gasteiger partial charge in [-0.25, -0.2) is 4.39 Å². The summed E-state index contributed by atoms with van der Waals surface area (Å²) in [5, 5.41) is 10.2. The molecule has 98 valence electrons. The number of benzene rings is 1. The zero-order valence-electron chi connectivity index (χ0n) is 10.3. The molecule has 0 atom stereocenters. The Morgan fingerprint density at radius 3 is 2.72 bits per heavy atom. The van der Waals surface area contributed by atoms with Gasteiger partial charge >= 0.3 is 0 Å². The summed E-state index contributed by atoms with van der Waals surface area (Å²) in [7, 11) is 0. The monoisotopic (exact) mass is 267 g/mol. The van der Waals surface area contributed by atoms with Gasteiger partial charge in [-0.1, -0.05) is 12.1 Å². The molecule has 0 amide bonds. The van der Waals surface area contributed by atoms with E-state index in [-0.39, 0.29) is 5.82 Å². The molecule has 1 aromatic carbocycles. The van der Waals surface area contributed by atoms with E-state index in [0.717, 1.165) is 30.3 Å². The van der Waals surface area contributed by atoms with E-state index in [1.807, 2.05) is 12.1 Å². The van der Waals surface area contributed by atoms with Crippen LogP contribution in [0, 0.1) is 11.7 Å². The molecule has 1 N–H and O–H groups in total. The van der Waals surface area contributed by atoms with Gasteiger partial charge in [-0.05, 0) is 30.9 Å². The van der Waals surface area contributed by atoms with E-state index in [0.29, 0.717) is 5.92 Å². The fourth-order valence-electron chi connectivity index (χ4n) is 2.61. The van der Waals surface area contributed by atoms with Crippen molar-refractivity contribution in [1.82, 2.24) is 4.90 Å². The van der Waals surface area contributed by atoms with Crippen LogP contribution in [0.1, 0.15) is 12.8 Å². The van der Waals surface area contributed by atoms with E-state index in [9.17, 15) is 9.50 Å². The van der Waals surface area contributed by atoms with Gasteiger partial charge in [0.1, 0.15) is 5.82 Å². The van der Waals surface area contributed by atoms with Crippen molar-refractivity contribution in [3.63, 3.8) is 0 Å². The lowest BCUT2D eigenvalue weighted by molar-refractivity contribution is -0.110. The highest BCUT2D eigenvalue weighted by Gasteiger charge is 2.51. The number of hydrogen-bond donors (Lipinski definition) is 1. The zero-order valence-corrected chi connectivity index (χ0v) is 11.1. The lowest BCUT2D eigenvalue weighted by atomic mass is 9.89. The second-order valence-electron chi connectivity index (χ2n) is 5.37. The predicted octanol–water partition coefficient (Wildman–Crippen LogP) is 2.37. The Bertz CT molecular complexity index is 430. The summed E-state index contributed by atoms with van der Waals surface area (Å²) in [6.45, 7) is 2.53. The van der Waals surface area contributed by atoms with Gasteiger partial charge in [0.15, 0.2) is 0 Å². The topological polar surface area (TPSA) is 23.5 Å². The minimum absolute atomic E-state index is 0.138. The third-order valence-electron chi connectivity index (χ3n) is 3.83. The van der Waals surface area contributed by atoms with Crippen LogP contribution in [-0.2, 0) is 0 Å². The molecule has 0 bridgehead atoms. The SMILES string of the molecule is OC1(C2CC2)CN(CCSc2ccccc2F)C1. The molecule has 0 aromatic heterocycles. The van der Waals surface area contributed by atoms with Crippen LogP contribution in [0.15, 0.2) is 29.2 Å². The molecule has 18 heavy (non-hydrogen) atoms. The molecule has 2 nitrogen and oxygen atoms in total. The fraction of sp³-hybridized carbons (Fsp3) is 0.571. The van der Waals surface area contributed by atoms with E-state index in [4.69, 9.17) is 0 Å². The summed E-state index contributed by atoms with van der Waals surface area (Å²) in [6, 6.07) is 6.89. The molecule has 0 spiro atoms. The molecule has 1 heterocycles. The van der Waals surface area contributed by atoms with Gasteiger partial charge in [0, 0.05) is 30.3 Å². The summed E-state index contributed by atoms with van der Waals surface area (Å²) in [5.74, 6) is 1.29. The Morgan fingerprint density at radius 1 is 1.33 bits per heavy atom. The third kappa shape index (κ3) is 2.56. The first-order valence-electron chi connectivity index (χ1n) is 6.49. The van der Waals surface area contributed by atoms with Crippen molar-refractivity contribution >= 4 is 11.8 Å². The maximum absolute atomic E-state index is 13.4. The van der Waals surface area contributed by atoms with E-state index in [2.05, 4.69) is 4.90 Å². The van der Waals surface area contributed by atoms with Crippen LogP contribution in [0.2, 0.25) is 0 Å². The quantitative estimate of drug-likeness (QED) is 0.829. The smallest absolute Gasteiger partial charge is 0.136 e. The van der Waals surface area contributed by atoms with Crippen LogP contribution in [0.25, 0.3) is 0 Å². The summed E-state index contributed by atoms with van der Waals surface area (Å²) in [6.07, 6.45) is 2.38. The molecular weight excluding hydrogens is 249 g/mol. The molecule has 0 unspecified atom stereocenters. The van der Waals surface area contributed by atoms with Crippen LogP contribution >= 0.6 is 11.8 Å². The average Bonchev–Trinajstić information content (AvgIpc) is 3.13. The molecule has 1 aliphatic heterocycles. The first-order chi connectivity index (χ1) is 8.67. The summed E-state index contributed by atoms with van der Waals surface area (Å²) >= 11 is 1.55. The largest absolute Gasteiger partial charge is 0.387 e. The van der Waals surface area contributed by atoms with Crippen LogP contribution in [0.3, 0.4) is 0 Å². The Labute approximate surface area is 111 Å². The van der Waals surface area contributed by atoms with Crippen molar-refractivity contribution in [1.29, 1.82) is 0 Å². The predicted molar refractivity (Wildman–Crippen MR) is 71.2 cm³/mol. The van der Waals surface area contributed by atoms with E-state index >= 15 is 0 Å². The highest BCUT2D eigenvalue weighted by atomic mass is 32.2. The van der Waals surface area contributed by atoms with Gasteiger partial charge in [0.25, 0.3) is 0 Å². The van der Waals surface area contributed by atoms with Gasteiger partial charge in [0.2, 0.25) is 0 Å². The molecule has 1 aromatic rings. The molecule has 1 aliphatic carbocycles. The number of thioether (sulfide) groups is 1. The van der Waals surface area contributed by atoms with Crippen LogP contribution < -0.4 is 0 Å². The first-order valence-corrected chi connectivity index (χ1v) is 7.48. The van der Waals surface area contributed by atoms with Crippen molar-refractivity contribution in [3.05, 3.63) is 30.1 Å². The molecular formula is C14H18FNOS. The second kappa shape index (κ2) is 4.83. The van der Waals surface area contributed by atoms with Gasteiger partial charge in [0.05, 0.1) is 5.60 Å². The highest BCUT2D eigenvalue weighted by Crippen LogP contribution is 2.44. The van der Waals surface area contributed by atoms with Gasteiger partial charge < -0.3 is 5.11 Å². The van der Waals surface area contributed by atoms with Gasteiger partial charge in [-0.2, -0.15) is 0 Å². The molecule has 2 fully saturated rings. The van der Waals surface area contributed by atoms with E-state index in [1.165, 1.54) is 18.9 Å². The molecule has 1 saturated carbocycles. The average molecular weight is 267 g/mol.